The molecule has 0 atom stereocenters. The molecule has 2 N–H and O–H groups in total. The van der Waals surface area contributed by atoms with Crippen LogP contribution in [0.4, 0.5) is 4.39 Å². The van der Waals surface area contributed by atoms with Crippen molar-refractivity contribution >= 4 is 22.8 Å². The van der Waals surface area contributed by atoms with E-state index in [1.54, 1.807) is 10.6 Å². The Labute approximate surface area is 152 Å². The van der Waals surface area contributed by atoms with E-state index < -0.39 is 5.97 Å². The Morgan fingerprint density at radius 1 is 1.27 bits per heavy atom. The Morgan fingerprint density at radius 2 is 1.96 bits per heavy atom. The van der Waals surface area contributed by atoms with Gasteiger partial charge in [0.2, 0.25) is 5.91 Å². The third kappa shape index (κ3) is 3.59. The van der Waals surface area contributed by atoms with Crippen LogP contribution >= 0.6 is 0 Å². The second kappa shape index (κ2) is 7.48. The summed E-state index contributed by atoms with van der Waals surface area (Å²) in [5.74, 6) is -0.893. The van der Waals surface area contributed by atoms with Crippen molar-refractivity contribution in [2.75, 3.05) is 0 Å². The Hall–Kier alpha value is -2.37. The average Bonchev–Trinajstić information content (AvgIpc) is 2.86. The fraction of sp³-hybridized carbons (Fsp3) is 0.500. The van der Waals surface area contributed by atoms with Gasteiger partial charge in [-0.25, -0.2) is 4.39 Å². The third-order valence-corrected chi connectivity index (χ3v) is 5.45. The minimum absolute atomic E-state index is 0.0739. The van der Waals surface area contributed by atoms with Gasteiger partial charge in [0.25, 0.3) is 0 Å². The van der Waals surface area contributed by atoms with Crippen LogP contribution < -0.4 is 5.32 Å². The Kier molecular flexibility index (Phi) is 5.30. The van der Waals surface area contributed by atoms with Crippen LogP contribution in [0.5, 0.6) is 0 Å². The number of rotatable bonds is 5. The summed E-state index contributed by atoms with van der Waals surface area (Å²) < 4.78 is 15.6. The Bertz CT molecular complexity index is 835. The summed E-state index contributed by atoms with van der Waals surface area (Å²) in [6, 6.07) is 4.75. The molecule has 0 bridgehead atoms. The van der Waals surface area contributed by atoms with Crippen LogP contribution in [0.25, 0.3) is 10.9 Å². The molecule has 0 radical (unpaired) electrons. The zero-order chi connectivity index (χ0) is 18.8. The normalized spacial score (nSPS) is 20.3. The molecule has 0 spiro atoms. The van der Waals surface area contributed by atoms with Gasteiger partial charge in [0.15, 0.2) is 0 Å². The molecule has 26 heavy (non-hydrogen) atoms. The number of benzene rings is 1. The summed E-state index contributed by atoms with van der Waals surface area (Å²) in [6.45, 7) is 3.63. The maximum absolute atomic E-state index is 13.9. The number of halogens is 1. The molecule has 1 heterocycles. The topological polar surface area (TPSA) is 71.3 Å². The predicted molar refractivity (Wildman–Crippen MR) is 97.7 cm³/mol. The van der Waals surface area contributed by atoms with Gasteiger partial charge < -0.3 is 15.0 Å². The number of carbonyl (C=O) groups excluding carboxylic acids is 1. The average molecular weight is 360 g/mol. The highest BCUT2D eigenvalue weighted by Crippen LogP contribution is 2.40. The first-order chi connectivity index (χ1) is 12.4. The number of nitrogens with zero attached hydrogens (tertiary/aromatic N) is 1. The molecule has 0 unspecified atom stereocenters. The second-order valence-corrected chi connectivity index (χ2v) is 7.11. The highest BCUT2D eigenvalue weighted by Gasteiger charge is 2.28. The molecular weight excluding hydrogens is 335 g/mol. The van der Waals surface area contributed by atoms with Crippen molar-refractivity contribution in [3.63, 3.8) is 0 Å². The van der Waals surface area contributed by atoms with E-state index in [0.29, 0.717) is 6.42 Å². The molecular formula is C20H25FN2O3. The van der Waals surface area contributed by atoms with Gasteiger partial charge in [-0.3, -0.25) is 9.59 Å². The lowest BCUT2D eigenvalue weighted by molar-refractivity contribution is -0.137. The zero-order valence-corrected chi connectivity index (χ0v) is 15.2. The number of carboxylic acid groups (broad SMARTS) is 1. The van der Waals surface area contributed by atoms with Gasteiger partial charge >= 0.3 is 5.97 Å². The van der Waals surface area contributed by atoms with E-state index in [-0.39, 0.29) is 30.2 Å². The molecule has 5 nitrogen and oxygen atoms in total. The van der Waals surface area contributed by atoms with Crippen LogP contribution in [0, 0.1) is 12.7 Å². The molecule has 1 aromatic heterocycles. The Morgan fingerprint density at radius 3 is 2.58 bits per heavy atom. The van der Waals surface area contributed by atoms with Crippen molar-refractivity contribution in [1.29, 1.82) is 0 Å². The number of aliphatic carboxylic acids is 1. The molecule has 1 aliphatic rings. The standard InChI is InChI=1S/C20H25FN2O3/c1-3-18(24)22-15-7-4-13(5-8-15)20-12(2)23(11-19(25)26)17-9-6-14(21)10-16(17)20/h6,9-10,13,15H,3-5,7-8,11H2,1-2H3,(H,22,24)(H,25,26). The van der Waals surface area contributed by atoms with Crippen molar-refractivity contribution in [3.8, 4) is 0 Å². The van der Waals surface area contributed by atoms with E-state index in [4.69, 9.17) is 0 Å². The van der Waals surface area contributed by atoms with Crippen molar-refractivity contribution in [3.05, 3.63) is 35.3 Å². The summed E-state index contributed by atoms with van der Waals surface area (Å²) >= 11 is 0. The number of fused-ring (bicyclic) bond motifs is 1. The first kappa shape index (κ1) is 18.4. The van der Waals surface area contributed by atoms with Gasteiger partial charge in [0.05, 0.1) is 0 Å². The lowest BCUT2D eigenvalue weighted by Crippen LogP contribution is -2.36. The van der Waals surface area contributed by atoms with Gasteiger partial charge in [-0.05, 0) is 62.3 Å². The number of nitrogens with one attached hydrogen (secondary N) is 1. The maximum Gasteiger partial charge on any atom is 0.323 e. The lowest BCUT2D eigenvalue weighted by atomic mass is 9.80. The van der Waals surface area contributed by atoms with Gasteiger partial charge in [-0.1, -0.05) is 6.92 Å². The minimum atomic E-state index is -0.910. The molecule has 2 aromatic rings. The van der Waals surface area contributed by atoms with Crippen molar-refractivity contribution < 1.29 is 19.1 Å². The third-order valence-electron chi connectivity index (χ3n) is 5.45. The monoisotopic (exact) mass is 360 g/mol. The molecule has 6 heteroatoms. The second-order valence-electron chi connectivity index (χ2n) is 7.11. The lowest BCUT2D eigenvalue weighted by Gasteiger charge is -2.29. The predicted octanol–water partition coefficient (Wildman–Crippen LogP) is 3.73. The van der Waals surface area contributed by atoms with Crippen molar-refractivity contribution in [2.45, 2.75) is 64.5 Å². The molecule has 140 valence electrons. The molecule has 0 saturated heterocycles. The number of carboxylic acids is 1. The molecule has 3 rings (SSSR count). The van der Waals surface area contributed by atoms with Crippen LogP contribution in [0.1, 0.15) is 56.2 Å². The van der Waals surface area contributed by atoms with E-state index in [1.165, 1.54) is 12.1 Å². The first-order valence-electron chi connectivity index (χ1n) is 9.20. The van der Waals surface area contributed by atoms with E-state index in [1.807, 2.05) is 13.8 Å². The first-order valence-corrected chi connectivity index (χ1v) is 9.20. The van der Waals surface area contributed by atoms with Gasteiger partial charge in [-0.2, -0.15) is 0 Å². The quantitative estimate of drug-likeness (QED) is 0.853. The Balaban J connectivity index is 1.90. The summed E-state index contributed by atoms with van der Waals surface area (Å²) in [7, 11) is 0. The highest BCUT2D eigenvalue weighted by molar-refractivity contribution is 5.87. The van der Waals surface area contributed by atoms with Gasteiger partial charge in [0.1, 0.15) is 12.4 Å². The van der Waals surface area contributed by atoms with Crippen LogP contribution in [-0.2, 0) is 16.1 Å². The maximum atomic E-state index is 13.9. The summed E-state index contributed by atoms with van der Waals surface area (Å²) in [5.41, 5.74) is 2.72. The number of aromatic nitrogens is 1. The van der Waals surface area contributed by atoms with Crippen LogP contribution in [0.2, 0.25) is 0 Å². The smallest absolute Gasteiger partial charge is 0.323 e. The fourth-order valence-corrected chi connectivity index (χ4v) is 4.19. The molecule has 1 fully saturated rings. The van der Waals surface area contributed by atoms with Crippen LogP contribution in [0.3, 0.4) is 0 Å². The number of hydrogen-bond acceptors (Lipinski definition) is 2. The highest BCUT2D eigenvalue weighted by atomic mass is 19.1. The van der Waals surface area contributed by atoms with E-state index in [0.717, 1.165) is 47.8 Å². The fourth-order valence-electron chi connectivity index (χ4n) is 4.19. The van der Waals surface area contributed by atoms with Crippen LogP contribution in [0.15, 0.2) is 18.2 Å². The largest absolute Gasteiger partial charge is 0.480 e. The number of carbonyl (C=O) groups is 2. The molecule has 1 saturated carbocycles. The molecule has 1 amide bonds. The van der Waals surface area contributed by atoms with Gasteiger partial charge in [0, 0.05) is 29.1 Å². The zero-order valence-electron chi connectivity index (χ0n) is 15.2. The minimum Gasteiger partial charge on any atom is -0.480 e. The number of amides is 1. The molecule has 1 aliphatic carbocycles. The van der Waals surface area contributed by atoms with Crippen molar-refractivity contribution in [1.82, 2.24) is 9.88 Å². The summed E-state index contributed by atoms with van der Waals surface area (Å²) in [4.78, 5) is 22.8. The number of hydrogen-bond donors (Lipinski definition) is 2. The van der Waals surface area contributed by atoms with Gasteiger partial charge in [-0.15, -0.1) is 0 Å². The van der Waals surface area contributed by atoms with Crippen LogP contribution in [-0.4, -0.2) is 27.6 Å². The van der Waals surface area contributed by atoms with E-state index in [2.05, 4.69) is 5.32 Å². The summed E-state index contributed by atoms with van der Waals surface area (Å²) in [5, 5.41) is 13.1. The summed E-state index contributed by atoms with van der Waals surface area (Å²) in [6.07, 6.45) is 4.06. The van der Waals surface area contributed by atoms with E-state index >= 15 is 0 Å². The molecule has 1 aromatic carbocycles. The van der Waals surface area contributed by atoms with E-state index in [9.17, 15) is 19.1 Å². The SMILES string of the molecule is CCC(=O)NC1CCC(c2c(C)n(CC(=O)O)c3ccc(F)cc23)CC1. The van der Waals surface area contributed by atoms with Crippen molar-refractivity contribution in [2.24, 2.45) is 0 Å². The molecule has 0 aliphatic heterocycles.